The second kappa shape index (κ2) is 6.09. The number of rotatable bonds is 3. The fourth-order valence-corrected chi connectivity index (χ4v) is 2.30. The molecule has 1 atom stereocenters. The van der Waals surface area contributed by atoms with Crippen LogP contribution in [0.5, 0.6) is 0 Å². The topological polar surface area (TPSA) is 98.2 Å². The second-order valence-electron chi connectivity index (χ2n) is 4.39. The maximum Gasteiger partial charge on any atom is 0.338 e. The highest BCUT2D eigenvalue weighted by Crippen LogP contribution is 2.40. The van der Waals surface area contributed by atoms with Crippen LogP contribution in [0.25, 0.3) is 0 Å². The lowest BCUT2D eigenvalue weighted by molar-refractivity contribution is -0.136. The molecule has 2 rings (SSSR count). The van der Waals surface area contributed by atoms with Crippen LogP contribution in [0.1, 0.15) is 24.8 Å². The average Bonchev–Trinajstić information content (AvgIpc) is 2.53. The van der Waals surface area contributed by atoms with Crippen molar-refractivity contribution in [3.8, 4) is 6.07 Å². The molecular weight excluding hydrogens is 270 g/mol. The molecule has 0 spiro atoms. The highest BCUT2D eigenvalue weighted by atomic mass is 16.5. The van der Waals surface area contributed by atoms with Crippen LogP contribution < -0.4 is 5.73 Å². The molecule has 0 bridgehead atoms. The Labute approximate surface area is 122 Å². The van der Waals surface area contributed by atoms with Gasteiger partial charge in [0.1, 0.15) is 17.4 Å². The van der Waals surface area contributed by atoms with E-state index < -0.39 is 11.9 Å². The third-order valence-electron chi connectivity index (χ3n) is 3.26. The molecule has 0 saturated carbocycles. The first kappa shape index (κ1) is 14.6. The largest absolute Gasteiger partial charge is 0.466 e. The van der Waals surface area contributed by atoms with E-state index >= 15 is 0 Å². The molecule has 1 aliphatic rings. The zero-order valence-electron chi connectivity index (χ0n) is 11.8. The summed E-state index contributed by atoms with van der Waals surface area (Å²) >= 11 is 0. The zero-order chi connectivity index (χ0) is 15.4. The lowest BCUT2D eigenvalue weighted by Gasteiger charge is -2.27. The Balaban J connectivity index is 2.66. The normalized spacial score (nSPS) is 18.0. The molecule has 21 heavy (non-hydrogen) atoms. The summed E-state index contributed by atoms with van der Waals surface area (Å²) in [5, 5.41) is 9.37. The molecule has 1 aromatic heterocycles. The lowest BCUT2D eigenvalue weighted by atomic mass is 9.83. The van der Waals surface area contributed by atoms with Gasteiger partial charge in [0.05, 0.1) is 18.6 Å². The van der Waals surface area contributed by atoms with E-state index in [0.717, 1.165) is 5.56 Å². The van der Waals surface area contributed by atoms with Crippen molar-refractivity contribution in [3.05, 3.63) is 52.9 Å². The van der Waals surface area contributed by atoms with Gasteiger partial charge in [-0.2, -0.15) is 5.26 Å². The molecule has 1 aliphatic heterocycles. The number of ether oxygens (including phenoxy) is 2. The molecule has 0 unspecified atom stereocenters. The smallest absolute Gasteiger partial charge is 0.338 e. The standard InChI is InChI=1S/C15H15N3O3/c1-3-11-13(15(19)20-2)12(9-4-6-18-7-5-9)10(8-16)14(17)21-11/h4-7,12H,3,17H2,1-2H3/t12-/m0/s1. The Hall–Kier alpha value is -2.81. The van der Waals surface area contributed by atoms with Gasteiger partial charge in [-0.1, -0.05) is 6.92 Å². The number of aromatic nitrogens is 1. The van der Waals surface area contributed by atoms with Gasteiger partial charge in [-0.05, 0) is 17.7 Å². The molecule has 0 radical (unpaired) electrons. The van der Waals surface area contributed by atoms with E-state index in [0.29, 0.717) is 17.8 Å². The number of hydrogen-bond donors (Lipinski definition) is 1. The van der Waals surface area contributed by atoms with Gasteiger partial charge in [-0.3, -0.25) is 4.98 Å². The fourth-order valence-electron chi connectivity index (χ4n) is 2.30. The second-order valence-corrected chi connectivity index (χ2v) is 4.39. The molecule has 0 saturated heterocycles. The fraction of sp³-hybridized carbons (Fsp3) is 0.267. The quantitative estimate of drug-likeness (QED) is 0.849. The van der Waals surface area contributed by atoms with Crippen molar-refractivity contribution in [3.63, 3.8) is 0 Å². The maximum atomic E-state index is 12.1. The van der Waals surface area contributed by atoms with Gasteiger partial charge in [0.15, 0.2) is 0 Å². The summed E-state index contributed by atoms with van der Waals surface area (Å²) in [6.07, 6.45) is 3.65. The van der Waals surface area contributed by atoms with Crippen LogP contribution in [-0.2, 0) is 14.3 Å². The zero-order valence-corrected chi connectivity index (χ0v) is 11.8. The molecule has 0 fully saturated rings. The minimum atomic E-state index is -0.603. The van der Waals surface area contributed by atoms with Crippen LogP contribution >= 0.6 is 0 Å². The van der Waals surface area contributed by atoms with Crippen molar-refractivity contribution in [2.45, 2.75) is 19.3 Å². The Bertz CT molecular complexity index is 656. The number of nitrogens with zero attached hydrogens (tertiary/aromatic N) is 2. The van der Waals surface area contributed by atoms with Gasteiger partial charge >= 0.3 is 5.97 Å². The number of nitrogens with two attached hydrogens (primary N) is 1. The predicted molar refractivity (Wildman–Crippen MR) is 74.2 cm³/mol. The minimum Gasteiger partial charge on any atom is -0.466 e. The third-order valence-corrected chi connectivity index (χ3v) is 3.26. The van der Waals surface area contributed by atoms with Crippen molar-refractivity contribution in [2.24, 2.45) is 5.73 Å². The van der Waals surface area contributed by atoms with Gasteiger partial charge < -0.3 is 15.2 Å². The number of allylic oxidation sites excluding steroid dienone is 2. The van der Waals surface area contributed by atoms with Crippen molar-refractivity contribution in [2.75, 3.05) is 7.11 Å². The molecule has 1 aromatic rings. The Morgan fingerprint density at radius 2 is 2.19 bits per heavy atom. The van der Waals surface area contributed by atoms with Gasteiger partial charge in [-0.25, -0.2) is 4.79 Å². The highest BCUT2D eigenvalue weighted by molar-refractivity contribution is 5.92. The molecule has 6 heteroatoms. The highest BCUT2D eigenvalue weighted by Gasteiger charge is 2.36. The van der Waals surface area contributed by atoms with E-state index in [1.54, 1.807) is 24.5 Å². The molecule has 0 amide bonds. The maximum absolute atomic E-state index is 12.1. The number of hydrogen-bond acceptors (Lipinski definition) is 6. The number of carbonyl (C=O) groups excluding carboxylic acids is 1. The van der Waals surface area contributed by atoms with Crippen molar-refractivity contribution in [1.29, 1.82) is 5.26 Å². The summed E-state index contributed by atoms with van der Waals surface area (Å²) in [5.74, 6) is -0.702. The minimum absolute atomic E-state index is 0.0174. The molecule has 2 N–H and O–H groups in total. The van der Waals surface area contributed by atoms with Crippen LogP contribution in [-0.4, -0.2) is 18.1 Å². The summed E-state index contributed by atoms with van der Waals surface area (Å²) in [5.41, 5.74) is 7.05. The number of carbonyl (C=O) groups is 1. The number of methoxy groups -OCH3 is 1. The molecular formula is C15H15N3O3. The first-order valence-electron chi connectivity index (χ1n) is 6.42. The number of nitriles is 1. The summed E-state index contributed by atoms with van der Waals surface area (Å²) in [6.45, 7) is 1.84. The van der Waals surface area contributed by atoms with Gasteiger partial charge in [-0.15, -0.1) is 0 Å². The van der Waals surface area contributed by atoms with Crippen LogP contribution in [0, 0.1) is 11.3 Å². The molecule has 0 aromatic carbocycles. The van der Waals surface area contributed by atoms with Crippen molar-refractivity contribution < 1.29 is 14.3 Å². The predicted octanol–water partition coefficient (Wildman–Crippen LogP) is 1.73. The summed E-state index contributed by atoms with van der Waals surface area (Å²) in [7, 11) is 1.29. The number of pyridine rings is 1. The first-order chi connectivity index (χ1) is 10.1. The molecule has 2 heterocycles. The van der Waals surface area contributed by atoms with E-state index in [9.17, 15) is 10.1 Å². The summed E-state index contributed by atoms with van der Waals surface area (Å²) in [6, 6.07) is 5.49. The van der Waals surface area contributed by atoms with Gasteiger partial charge in [0, 0.05) is 18.8 Å². The first-order valence-corrected chi connectivity index (χ1v) is 6.42. The Morgan fingerprint density at radius 1 is 1.52 bits per heavy atom. The van der Waals surface area contributed by atoms with Gasteiger partial charge in [0.25, 0.3) is 0 Å². The third kappa shape index (κ3) is 2.58. The van der Waals surface area contributed by atoms with E-state index in [1.165, 1.54) is 7.11 Å². The summed E-state index contributed by atoms with van der Waals surface area (Å²) < 4.78 is 10.3. The van der Waals surface area contributed by atoms with E-state index in [-0.39, 0.29) is 11.5 Å². The van der Waals surface area contributed by atoms with E-state index in [1.807, 2.05) is 13.0 Å². The van der Waals surface area contributed by atoms with Crippen LogP contribution in [0.4, 0.5) is 0 Å². The Morgan fingerprint density at radius 3 is 2.71 bits per heavy atom. The van der Waals surface area contributed by atoms with E-state index in [4.69, 9.17) is 15.2 Å². The molecule has 6 nitrogen and oxygen atoms in total. The molecule has 108 valence electrons. The van der Waals surface area contributed by atoms with Crippen LogP contribution in [0.2, 0.25) is 0 Å². The van der Waals surface area contributed by atoms with Crippen LogP contribution in [0.3, 0.4) is 0 Å². The van der Waals surface area contributed by atoms with Gasteiger partial charge in [0.2, 0.25) is 5.88 Å². The lowest BCUT2D eigenvalue weighted by Crippen LogP contribution is -2.25. The monoisotopic (exact) mass is 285 g/mol. The average molecular weight is 285 g/mol. The molecule has 0 aliphatic carbocycles. The van der Waals surface area contributed by atoms with Crippen molar-refractivity contribution in [1.82, 2.24) is 4.98 Å². The summed E-state index contributed by atoms with van der Waals surface area (Å²) in [4.78, 5) is 16.1. The van der Waals surface area contributed by atoms with E-state index in [2.05, 4.69) is 4.98 Å². The van der Waals surface area contributed by atoms with Crippen LogP contribution in [0.15, 0.2) is 47.3 Å². The Kier molecular flexibility index (Phi) is 4.24. The SMILES string of the molecule is CCC1=C(C(=O)OC)[C@@H](c2ccncc2)C(C#N)=C(N)O1. The van der Waals surface area contributed by atoms with Crippen molar-refractivity contribution >= 4 is 5.97 Å². The number of esters is 1.